The third kappa shape index (κ3) is 1.97. The van der Waals surface area contributed by atoms with Crippen LogP contribution in [-0.2, 0) is 0 Å². The van der Waals surface area contributed by atoms with Crippen molar-refractivity contribution in [3.05, 3.63) is 28.2 Å². The van der Waals surface area contributed by atoms with Gasteiger partial charge in [-0.05, 0) is 36.8 Å². The minimum absolute atomic E-state index is 0.0160. The number of nitrogens with two attached hydrogens (primary N) is 1. The van der Waals surface area contributed by atoms with Crippen LogP contribution >= 0.6 is 15.9 Å². The Labute approximate surface area is 117 Å². The topological polar surface area (TPSA) is 35.2 Å². The SMILES string of the molecule is CC(C)C1CC2(CC(N)c3ccc(Br)cc3O2)C1. The second-order valence-electron chi connectivity index (χ2n) is 6.19. The van der Waals surface area contributed by atoms with Gasteiger partial charge in [0.25, 0.3) is 0 Å². The van der Waals surface area contributed by atoms with Crippen LogP contribution in [0.1, 0.15) is 44.7 Å². The lowest BCUT2D eigenvalue weighted by molar-refractivity contribution is -0.0845. The molecule has 1 spiro atoms. The van der Waals surface area contributed by atoms with Gasteiger partial charge in [0.1, 0.15) is 11.4 Å². The molecular formula is C15H20BrNO. The minimum Gasteiger partial charge on any atom is -0.487 e. The van der Waals surface area contributed by atoms with Crippen LogP contribution in [0.5, 0.6) is 5.75 Å². The average molecular weight is 310 g/mol. The van der Waals surface area contributed by atoms with Gasteiger partial charge in [0.2, 0.25) is 0 Å². The van der Waals surface area contributed by atoms with Crippen LogP contribution in [0.3, 0.4) is 0 Å². The summed E-state index contributed by atoms with van der Waals surface area (Å²) in [6, 6.07) is 6.29. The molecule has 1 saturated carbocycles. The van der Waals surface area contributed by atoms with E-state index in [4.69, 9.17) is 10.5 Å². The second-order valence-corrected chi connectivity index (χ2v) is 7.11. The maximum absolute atomic E-state index is 6.31. The summed E-state index contributed by atoms with van der Waals surface area (Å²) in [5.74, 6) is 2.52. The Bertz CT molecular complexity index is 466. The summed E-state index contributed by atoms with van der Waals surface area (Å²) >= 11 is 3.50. The summed E-state index contributed by atoms with van der Waals surface area (Å²) in [4.78, 5) is 0. The first-order valence-corrected chi connectivity index (χ1v) is 7.52. The molecule has 0 radical (unpaired) electrons. The lowest BCUT2D eigenvalue weighted by Gasteiger charge is -2.52. The Balaban J connectivity index is 1.84. The van der Waals surface area contributed by atoms with Crippen LogP contribution in [0.25, 0.3) is 0 Å². The molecule has 2 N–H and O–H groups in total. The van der Waals surface area contributed by atoms with Crippen molar-refractivity contribution in [1.82, 2.24) is 0 Å². The molecule has 2 nitrogen and oxygen atoms in total. The fourth-order valence-electron chi connectivity index (χ4n) is 3.31. The standard InChI is InChI=1S/C15H20BrNO/c1-9(2)10-6-15(7-10)8-13(17)12-4-3-11(16)5-14(12)18-15/h3-5,9-10,13H,6-8,17H2,1-2H3. The van der Waals surface area contributed by atoms with Crippen molar-refractivity contribution in [2.45, 2.75) is 44.8 Å². The Morgan fingerprint density at radius 3 is 2.72 bits per heavy atom. The van der Waals surface area contributed by atoms with Gasteiger partial charge >= 0.3 is 0 Å². The van der Waals surface area contributed by atoms with Gasteiger partial charge in [-0.15, -0.1) is 0 Å². The molecule has 0 aromatic heterocycles. The zero-order valence-electron chi connectivity index (χ0n) is 10.9. The lowest BCUT2D eigenvalue weighted by atomic mass is 9.62. The molecule has 1 fully saturated rings. The van der Waals surface area contributed by atoms with Gasteiger partial charge in [-0.3, -0.25) is 0 Å². The molecule has 1 aromatic rings. The molecule has 1 atom stereocenters. The van der Waals surface area contributed by atoms with Crippen molar-refractivity contribution in [3.63, 3.8) is 0 Å². The van der Waals surface area contributed by atoms with Crippen LogP contribution in [-0.4, -0.2) is 5.60 Å². The monoisotopic (exact) mass is 309 g/mol. The van der Waals surface area contributed by atoms with E-state index in [0.29, 0.717) is 0 Å². The second kappa shape index (κ2) is 4.24. The Hall–Kier alpha value is -0.540. The first kappa shape index (κ1) is 12.5. The summed E-state index contributed by atoms with van der Waals surface area (Å²) in [5, 5.41) is 0. The molecule has 1 aliphatic heterocycles. The van der Waals surface area contributed by atoms with E-state index in [-0.39, 0.29) is 11.6 Å². The van der Waals surface area contributed by atoms with E-state index in [1.54, 1.807) is 0 Å². The predicted molar refractivity (Wildman–Crippen MR) is 76.6 cm³/mol. The normalized spacial score (nSPS) is 34.1. The molecule has 0 amide bonds. The quantitative estimate of drug-likeness (QED) is 0.850. The van der Waals surface area contributed by atoms with Gasteiger partial charge in [0.15, 0.2) is 0 Å². The number of benzene rings is 1. The van der Waals surface area contributed by atoms with Crippen molar-refractivity contribution in [2.75, 3.05) is 0 Å². The van der Waals surface area contributed by atoms with Crippen molar-refractivity contribution in [2.24, 2.45) is 17.6 Å². The predicted octanol–water partition coefficient (Wildman–Crippen LogP) is 4.04. The van der Waals surface area contributed by atoms with E-state index < -0.39 is 0 Å². The Morgan fingerprint density at radius 1 is 1.33 bits per heavy atom. The molecule has 0 saturated heterocycles. The molecule has 1 unspecified atom stereocenters. The highest BCUT2D eigenvalue weighted by molar-refractivity contribution is 9.10. The molecule has 1 aliphatic carbocycles. The number of ether oxygens (including phenoxy) is 1. The molecule has 2 aliphatic rings. The van der Waals surface area contributed by atoms with Crippen LogP contribution in [0.4, 0.5) is 0 Å². The van der Waals surface area contributed by atoms with Gasteiger partial charge < -0.3 is 10.5 Å². The van der Waals surface area contributed by atoms with Crippen molar-refractivity contribution < 1.29 is 4.74 Å². The molecule has 0 bridgehead atoms. The van der Waals surface area contributed by atoms with Crippen LogP contribution in [0.15, 0.2) is 22.7 Å². The Kier molecular flexibility index (Phi) is 2.94. The summed E-state index contributed by atoms with van der Waals surface area (Å²) in [6.07, 6.45) is 3.28. The highest BCUT2D eigenvalue weighted by Gasteiger charge is 2.50. The van der Waals surface area contributed by atoms with Crippen molar-refractivity contribution >= 4 is 15.9 Å². The fourth-order valence-corrected chi connectivity index (χ4v) is 3.65. The van der Waals surface area contributed by atoms with E-state index in [2.05, 4.69) is 41.9 Å². The largest absolute Gasteiger partial charge is 0.487 e. The van der Waals surface area contributed by atoms with Gasteiger partial charge in [0.05, 0.1) is 0 Å². The van der Waals surface area contributed by atoms with Gasteiger partial charge in [-0.2, -0.15) is 0 Å². The zero-order valence-corrected chi connectivity index (χ0v) is 12.5. The smallest absolute Gasteiger partial charge is 0.126 e. The third-order valence-electron chi connectivity index (χ3n) is 4.50. The molecule has 18 heavy (non-hydrogen) atoms. The third-order valence-corrected chi connectivity index (χ3v) is 5.00. The summed E-state index contributed by atoms with van der Waals surface area (Å²) in [5.41, 5.74) is 7.47. The number of fused-ring (bicyclic) bond motifs is 1. The number of hydrogen-bond donors (Lipinski definition) is 1. The van der Waals surface area contributed by atoms with Gasteiger partial charge in [-0.25, -0.2) is 0 Å². The van der Waals surface area contributed by atoms with Crippen molar-refractivity contribution in [3.8, 4) is 5.75 Å². The van der Waals surface area contributed by atoms with Gasteiger partial charge in [0, 0.05) is 22.5 Å². The number of rotatable bonds is 1. The van der Waals surface area contributed by atoms with Gasteiger partial charge in [-0.1, -0.05) is 35.8 Å². The molecule has 1 heterocycles. The van der Waals surface area contributed by atoms with E-state index in [0.717, 1.165) is 46.9 Å². The molecule has 3 rings (SSSR count). The van der Waals surface area contributed by atoms with E-state index in [1.807, 2.05) is 6.07 Å². The molecule has 1 aromatic carbocycles. The highest BCUT2D eigenvalue weighted by Crippen LogP contribution is 2.52. The van der Waals surface area contributed by atoms with E-state index in [1.165, 1.54) is 0 Å². The zero-order chi connectivity index (χ0) is 12.9. The fraction of sp³-hybridized carbons (Fsp3) is 0.600. The highest BCUT2D eigenvalue weighted by atomic mass is 79.9. The first-order chi connectivity index (χ1) is 8.49. The minimum atomic E-state index is 0.0160. The van der Waals surface area contributed by atoms with Crippen LogP contribution in [0, 0.1) is 11.8 Å². The maximum Gasteiger partial charge on any atom is 0.126 e. The lowest BCUT2D eigenvalue weighted by Crippen LogP contribution is -2.53. The number of hydrogen-bond acceptors (Lipinski definition) is 2. The summed E-state index contributed by atoms with van der Waals surface area (Å²) in [6.45, 7) is 4.59. The average Bonchev–Trinajstić information content (AvgIpc) is 2.24. The van der Waals surface area contributed by atoms with E-state index in [9.17, 15) is 0 Å². The van der Waals surface area contributed by atoms with Crippen LogP contribution in [0.2, 0.25) is 0 Å². The molecular weight excluding hydrogens is 290 g/mol. The number of halogens is 1. The van der Waals surface area contributed by atoms with Crippen molar-refractivity contribution in [1.29, 1.82) is 0 Å². The molecule has 3 heteroatoms. The summed E-state index contributed by atoms with van der Waals surface area (Å²) < 4.78 is 7.34. The molecule has 98 valence electrons. The summed E-state index contributed by atoms with van der Waals surface area (Å²) in [7, 11) is 0. The van der Waals surface area contributed by atoms with Crippen LogP contribution < -0.4 is 10.5 Å². The first-order valence-electron chi connectivity index (χ1n) is 6.73. The Morgan fingerprint density at radius 2 is 2.06 bits per heavy atom. The van der Waals surface area contributed by atoms with E-state index >= 15 is 0 Å². The maximum atomic E-state index is 6.31.